The first-order valence-electron chi connectivity index (χ1n) is 12.3. The van der Waals surface area contributed by atoms with Crippen molar-refractivity contribution >= 4 is 62.3 Å². The average molecular weight is 627 g/mol. The monoisotopic (exact) mass is 625 g/mol. The molecule has 2 amide bonds. The number of methoxy groups -OCH3 is 1. The van der Waals surface area contributed by atoms with Gasteiger partial charge in [-0.15, -0.1) is 0 Å². The average Bonchev–Trinajstić information content (AvgIpc) is 2.92. The van der Waals surface area contributed by atoms with Gasteiger partial charge in [-0.1, -0.05) is 40.9 Å². The van der Waals surface area contributed by atoms with Gasteiger partial charge in [0.15, 0.2) is 0 Å². The number of rotatable bonds is 11. The minimum Gasteiger partial charge on any atom is -0.497 e. The summed E-state index contributed by atoms with van der Waals surface area (Å²) in [5.74, 6) is -0.519. The summed E-state index contributed by atoms with van der Waals surface area (Å²) in [6.45, 7) is 4.59. The van der Waals surface area contributed by atoms with Gasteiger partial charge in [-0.25, -0.2) is 8.42 Å². The standard InChI is InChI=1S/C28H30Cl3N3O5S/c1-18(2)32-28(36)19(3)33(16-20-5-14-25(30)26(31)15-20)27(35)17-34(22-8-6-21(29)7-9-22)40(37,38)24-12-10-23(39-4)11-13-24/h5-15,18-19H,16-17H2,1-4H3,(H,32,36)/t19-/m0/s1. The summed E-state index contributed by atoms with van der Waals surface area (Å²) < 4.78 is 33.8. The van der Waals surface area contributed by atoms with Crippen LogP contribution in [-0.2, 0) is 26.2 Å². The van der Waals surface area contributed by atoms with Gasteiger partial charge in [-0.05, 0) is 87.0 Å². The van der Waals surface area contributed by atoms with Gasteiger partial charge in [0.05, 0.1) is 27.7 Å². The highest BCUT2D eigenvalue weighted by atomic mass is 35.5. The molecule has 0 fully saturated rings. The highest BCUT2D eigenvalue weighted by molar-refractivity contribution is 7.92. The number of sulfonamides is 1. The van der Waals surface area contributed by atoms with Crippen molar-refractivity contribution in [2.24, 2.45) is 0 Å². The maximum Gasteiger partial charge on any atom is 0.264 e. The van der Waals surface area contributed by atoms with Crippen molar-refractivity contribution in [3.63, 3.8) is 0 Å². The number of nitrogens with one attached hydrogen (secondary N) is 1. The van der Waals surface area contributed by atoms with Gasteiger partial charge in [0.1, 0.15) is 18.3 Å². The Balaban J connectivity index is 2.04. The molecule has 0 unspecified atom stereocenters. The van der Waals surface area contributed by atoms with Gasteiger partial charge < -0.3 is 15.0 Å². The smallest absolute Gasteiger partial charge is 0.264 e. The van der Waals surface area contributed by atoms with E-state index in [1.807, 2.05) is 0 Å². The Kier molecular flexibility index (Phi) is 10.7. The second-order valence-electron chi connectivity index (χ2n) is 9.27. The molecule has 0 aliphatic rings. The Morgan fingerprint density at radius 2 is 1.52 bits per heavy atom. The Morgan fingerprint density at radius 1 is 0.900 bits per heavy atom. The highest BCUT2D eigenvalue weighted by Gasteiger charge is 2.32. The quantitative estimate of drug-likeness (QED) is 0.291. The van der Waals surface area contributed by atoms with E-state index >= 15 is 0 Å². The molecule has 0 aromatic heterocycles. The van der Waals surface area contributed by atoms with Gasteiger partial charge in [0.25, 0.3) is 10.0 Å². The molecule has 3 rings (SSSR count). The minimum atomic E-state index is -4.22. The fourth-order valence-electron chi connectivity index (χ4n) is 3.83. The number of nitrogens with zero attached hydrogens (tertiary/aromatic N) is 2. The molecule has 40 heavy (non-hydrogen) atoms. The van der Waals surface area contributed by atoms with Gasteiger partial charge in [-0.2, -0.15) is 0 Å². The van der Waals surface area contributed by atoms with Crippen LogP contribution in [0.5, 0.6) is 5.75 Å². The lowest BCUT2D eigenvalue weighted by molar-refractivity contribution is -0.139. The zero-order valence-electron chi connectivity index (χ0n) is 22.4. The van der Waals surface area contributed by atoms with Crippen LogP contribution < -0.4 is 14.4 Å². The molecular weight excluding hydrogens is 597 g/mol. The maximum atomic E-state index is 13.9. The molecule has 0 radical (unpaired) electrons. The third-order valence-electron chi connectivity index (χ3n) is 5.98. The topological polar surface area (TPSA) is 96.0 Å². The van der Waals surface area contributed by atoms with E-state index in [-0.39, 0.29) is 34.1 Å². The van der Waals surface area contributed by atoms with Gasteiger partial charge in [0.2, 0.25) is 11.8 Å². The fourth-order valence-corrected chi connectivity index (χ4v) is 5.69. The van der Waals surface area contributed by atoms with Crippen molar-refractivity contribution in [1.82, 2.24) is 10.2 Å². The van der Waals surface area contributed by atoms with E-state index in [0.29, 0.717) is 21.4 Å². The first-order valence-corrected chi connectivity index (χ1v) is 14.9. The summed E-state index contributed by atoms with van der Waals surface area (Å²) in [4.78, 5) is 28.1. The molecule has 3 aromatic carbocycles. The van der Waals surface area contributed by atoms with Gasteiger partial charge in [-0.3, -0.25) is 13.9 Å². The second kappa shape index (κ2) is 13.6. The van der Waals surface area contributed by atoms with E-state index in [4.69, 9.17) is 39.5 Å². The zero-order valence-corrected chi connectivity index (χ0v) is 25.5. The van der Waals surface area contributed by atoms with Crippen LogP contribution in [-0.4, -0.2) is 50.9 Å². The lowest BCUT2D eigenvalue weighted by atomic mass is 10.1. The number of halogens is 3. The summed E-state index contributed by atoms with van der Waals surface area (Å²) in [7, 11) is -2.75. The van der Waals surface area contributed by atoms with Crippen molar-refractivity contribution in [2.75, 3.05) is 18.0 Å². The summed E-state index contributed by atoms with van der Waals surface area (Å²) in [6, 6.07) is 15.7. The molecule has 0 saturated carbocycles. The lowest BCUT2D eigenvalue weighted by Gasteiger charge is -2.32. The Bertz CT molecular complexity index is 1450. The van der Waals surface area contributed by atoms with Crippen LogP contribution in [0.15, 0.2) is 71.6 Å². The molecule has 8 nitrogen and oxygen atoms in total. The molecule has 3 aromatic rings. The van der Waals surface area contributed by atoms with Crippen LogP contribution in [0, 0.1) is 0 Å². The van der Waals surface area contributed by atoms with Crippen molar-refractivity contribution in [2.45, 2.75) is 44.3 Å². The number of carbonyl (C=O) groups excluding carboxylic acids is 2. The van der Waals surface area contributed by atoms with Crippen molar-refractivity contribution in [3.8, 4) is 5.75 Å². The second-order valence-corrected chi connectivity index (χ2v) is 12.4. The molecule has 1 atom stereocenters. The number of hydrogen-bond acceptors (Lipinski definition) is 5. The van der Waals surface area contributed by atoms with E-state index in [2.05, 4.69) is 5.32 Å². The predicted molar refractivity (Wildman–Crippen MR) is 159 cm³/mol. The lowest BCUT2D eigenvalue weighted by Crippen LogP contribution is -2.52. The van der Waals surface area contributed by atoms with Gasteiger partial charge in [0, 0.05) is 17.6 Å². The molecule has 1 N–H and O–H groups in total. The van der Waals surface area contributed by atoms with Crippen LogP contribution in [0.25, 0.3) is 0 Å². The molecule has 0 spiro atoms. The third-order valence-corrected chi connectivity index (χ3v) is 8.76. The van der Waals surface area contributed by atoms with Crippen LogP contribution in [0.2, 0.25) is 15.1 Å². The summed E-state index contributed by atoms with van der Waals surface area (Å²) in [5.41, 5.74) is 0.838. The summed E-state index contributed by atoms with van der Waals surface area (Å²) in [5, 5.41) is 3.83. The largest absolute Gasteiger partial charge is 0.497 e. The first kappa shape index (κ1) is 31.5. The van der Waals surface area contributed by atoms with E-state index in [1.54, 1.807) is 39.0 Å². The van der Waals surface area contributed by atoms with Crippen LogP contribution >= 0.6 is 34.8 Å². The van der Waals surface area contributed by atoms with E-state index in [9.17, 15) is 18.0 Å². The normalized spacial score (nSPS) is 12.1. The molecule has 0 aliphatic carbocycles. The molecule has 0 saturated heterocycles. The zero-order chi connectivity index (χ0) is 29.6. The fraction of sp³-hybridized carbons (Fsp3) is 0.286. The molecule has 12 heteroatoms. The number of ether oxygens (including phenoxy) is 1. The molecule has 0 aliphatic heterocycles. The number of benzene rings is 3. The molecular formula is C28H30Cl3N3O5S. The van der Waals surface area contributed by atoms with Gasteiger partial charge >= 0.3 is 0 Å². The number of carbonyl (C=O) groups is 2. The Hall–Kier alpha value is -2.98. The Labute approximate surface area is 249 Å². The Morgan fingerprint density at radius 3 is 2.08 bits per heavy atom. The number of hydrogen-bond donors (Lipinski definition) is 1. The van der Waals surface area contributed by atoms with E-state index < -0.39 is 28.5 Å². The molecule has 0 bridgehead atoms. The van der Waals surface area contributed by atoms with Crippen LogP contribution in [0.3, 0.4) is 0 Å². The number of anilines is 1. The van der Waals surface area contributed by atoms with E-state index in [1.165, 1.54) is 60.5 Å². The summed E-state index contributed by atoms with van der Waals surface area (Å²) in [6.07, 6.45) is 0. The van der Waals surface area contributed by atoms with E-state index in [0.717, 1.165) is 4.31 Å². The van der Waals surface area contributed by atoms with Crippen molar-refractivity contribution in [3.05, 3.63) is 87.4 Å². The SMILES string of the molecule is COc1ccc(S(=O)(=O)N(CC(=O)N(Cc2ccc(Cl)c(Cl)c2)[C@@H](C)C(=O)NC(C)C)c2ccc(Cl)cc2)cc1. The minimum absolute atomic E-state index is 0.0144. The van der Waals surface area contributed by atoms with Crippen molar-refractivity contribution in [1.29, 1.82) is 0 Å². The molecule has 214 valence electrons. The molecule has 0 heterocycles. The first-order chi connectivity index (χ1) is 18.8. The summed E-state index contributed by atoms with van der Waals surface area (Å²) >= 11 is 18.3. The number of amides is 2. The van der Waals surface area contributed by atoms with Crippen LogP contribution in [0.4, 0.5) is 5.69 Å². The third kappa shape index (κ3) is 7.81. The van der Waals surface area contributed by atoms with Crippen molar-refractivity contribution < 1.29 is 22.7 Å². The predicted octanol–water partition coefficient (Wildman–Crippen LogP) is 5.79. The highest BCUT2D eigenvalue weighted by Crippen LogP contribution is 2.28. The van der Waals surface area contributed by atoms with Crippen LogP contribution in [0.1, 0.15) is 26.3 Å². The maximum absolute atomic E-state index is 13.9.